The average molecular weight is 317 g/mol. The first-order valence-corrected chi connectivity index (χ1v) is 6.17. The van der Waals surface area contributed by atoms with Gasteiger partial charge >= 0.3 is 0 Å². The smallest absolute Gasteiger partial charge is 0.243 e. The molecule has 0 aliphatic carbocycles. The number of rotatable bonds is 2. The largest absolute Gasteiger partial charge is 0.347 e. The number of hydrogen-bond donors (Lipinski definition) is 0. The molecule has 0 aliphatic rings. The highest BCUT2D eigenvalue weighted by molar-refractivity contribution is 9.10. The van der Waals surface area contributed by atoms with Crippen LogP contribution in [0.15, 0.2) is 22.8 Å². The van der Waals surface area contributed by atoms with Crippen LogP contribution in [0.3, 0.4) is 0 Å². The molecule has 17 heavy (non-hydrogen) atoms. The Labute approximate surface area is 112 Å². The third-order valence-corrected chi connectivity index (χ3v) is 3.72. The second-order valence-electron chi connectivity index (χ2n) is 3.91. The highest BCUT2D eigenvalue weighted by Gasteiger charge is 2.10. The number of halogens is 2. The molecule has 0 unspecified atom stereocenters. The molecule has 0 saturated carbocycles. The highest BCUT2D eigenvalue weighted by atomic mass is 79.9. The van der Waals surface area contributed by atoms with Crippen molar-refractivity contribution in [2.75, 3.05) is 14.1 Å². The number of amides is 1. The van der Waals surface area contributed by atoms with E-state index in [1.165, 1.54) is 4.90 Å². The predicted molar refractivity (Wildman–Crippen MR) is 71.1 cm³/mol. The van der Waals surface area contributed by atoms with Crippen molar-refractivity contribution in [2.24, 2.45) is 0 Å². The molecule has 90 valence electrons. The van der Waals surface area contributed by atoms with Crippen LogP contribution < -0.4 is 0 Å². The summed E-state index contributed by atoms with van der Waals surface area (Å²) in [4.78, 5) is 13.1. The van der Waals surface area contributed by atoms with Crippen LogP contribution in [0, 0.1) is 0 Å². The fraction of sp³-hybridized carbons (Fsp3) is 0.273. The van der Waals surface area contributed by atoms with E-state index in [1.54, 1.807) is 25.0 Å². The molecule has 0 fully saturated rings. The van der Waals surface area contributed by atoms with E-state index in [4.69, 9.17) is 11.6 Å². The molecular formula is C11H11BrClN3O. The zero-order valence-electron chi connectivity index (χ0n) is 9.44. The third kappa shape index (κ3) is 2.45. The third-order valence-electron chi connectivity index (χ3n) is 2.42. The molecule has 4 nitrogen and oxygen atoms in total. The molecule has 0 radical (unpaired) electrons. The van der Waals surface area contributed by atoms with Crippen molar-refractivity contribution < 1.29 is 4.79 Å². The van der Waals surface area contributed by atoms with Crippen molar-refractivity contribution >= 4 is 44.3 Å². The number of benzene rings is 1. The summed E-state index contributed by atoms with van der Waals surface area (Å²) in [5.74, 6) is -0.00649. The second kappa shape index (κ2) is 4.66. The fourth-order valence-electron chi connectivity index (χ4n) is 1.44. The molecule has 0 N–H and O–H groups in total. The Kier molecular flexibility index (Phi) is 3.40. The van der Waals surface area contributed by atoms with E-state index in [-0.39, 0.29) is 12.5 Å². The lowest BCUT2D eigenvalue weighted by Gasteiger charge is -2.09. The molecule has 0 saturated heterocycles. The Morgan fingerprint density at radius 2 is 2.24 bits per heavy atom. The van der Waals surface area contributed by atoms with Gasteiger partial charge in [0.25, 0.3) is 0 Å². The van der Waals surface area contributed by atoms with Crippen molar-refractivity contribution in [1.29, 1.82) is 0 Å². The quantitative estimate of drug-likeness (QED) is 0.854. The number of carbonyl (C=O) groups is 1. The Bertz CT molecular complexity index is 579. The van der Waals surface area contributed by atoms with E-state index >= 15 is 0 Å². The van der Waals surface area contributed by atoms with E-state index in [9.17, 15) is 4.79 Å². The van der Waals surface area contributed by atoms with Gasteiger partial charge in [-0.15, -0.1) is 0 Å². The van der Waals surface area contributed by atoms with Crippen molar-refractivity contribution in [3.8, 4) is 0 Å². The van der Waals surface area contributed by atoms with Gasteiger partial charge in [-0.3, -0.25) is 9.48 Å². The summed E-state index contributed by atoms with van der Waals surface area (Å²) in [7, 11) is 3.43. The minimum Gasteiger partial charge on any atom is -0.347 e. The number of fused-ring (bicyclic) bond motifs is 1. The van der Waals surface area contributed by atoms with Gasteiger partial charge in [-0.05, 0) is 28.1 Å². The maximum atomic E-state index is 11.6. The van der Waals surface area contributed by atoms with E-state index in [2.05, 4.69) is 21.0 Å². The summed E-state index contributed by atoms with van der Waals surface area (Å²) < 4.78 is 2.43. The molecule has 0 atom stereocenters. The van der Waals surface area contributed by atoms with Crippen LogP contribution in [0.1, 0.15) is 0 Å². The molecule has 6 heteroatoms. The zero-order valence-corrected chi connectivity index (χ0v) is 11.8. The zero-order chi connectivity index (χ0) is 12.6. The average Bonchev–Trinajstić information content (AvgIpc) is 2.67. The number of hydrogen-bond acceptors (Lipinski definition) is 2. The van der Waals surface area contributed by atoms with Crippen molar-refractivity contribution in [3.05, 3.63) is 27.8 Å². The summed E-state index contributed by atoms with van der Waals surface area (Å²) in [6, 6.07) is 3.71. The van der Waals surface area contributed by atoms with Crippen molar-refractivity contribution in [1.82, 2.24) is 14.7 Å². The molecule has 1 aromatic carbocycles. The first-order chi connectivity index (χ1) is 7.99. The number of carbonyl (C=O) groups excluding carboxylic acids is 1. The molecule has 2 rings (SSSR count). The summed E-state index contributed by atoms with van der Waals surface area (Å²) in [6.45, 7) is 0.218. The van der Waals surface area contributed by atoms with Crippen molar-refractivity contribution in [3.63, 3.8) is 0 Å². The number of nitrogens with zero attached hydrogens (tertiary/aromatic N) is 3. The molecule has 1 heterocycles. The van der Waals surface area contributed by atoms with Gasteiger partial charge in [-0.25, -0.2) is 0 Å². The SMILES string of the molecule is CN(C)C(=O)Cn1cc2c(Cl)c(Br)ccc2n1. The Morgan fingerprint density at radius 1 is 1.53 bits per heavy atom. The van der Waals surface area contributed by atoms with Crippen LogP contribution in [0.25, 0.3) is 10.9 Å². The van der Waals surface area contributed by atoms with E-state index in [0.29, 0.717) is 5.02 Å². The Balaban J connectivity index is 2.39. The number of aromatic nitrogens is 2. The molecule has 0 spiro atoms. The first kappa shape index (κ1) is 12.4. The maximum absolute atomic E-state index is 11.6. The van der Waals surface area contributed by atoms with Crippen LogP contribution in [-0.4, -0.2) is 34.7 Å². The summed E-state index contributed by atoms with van der Waals surface area (Å²) >= 11 is 9.50. The normalized spacial score (nSPS) is 10.8. The lowest BCUT2D eigenvalue weighted by atomic mass is 10.3. The molecule has 0 bridgehead atoms. The minimum atomic E-state index is -0.00649. The van der Waals surface area contributed by atoms with E-state index < -0.39 is 0 Å². The molecule has 1 aromatic heterocycles. The lowest BCUT2D eigenvalue weighted by Crippen LogP contribution is -2.26. The van der Waals surface area contributed by atoms with E-state index in [0.717, 1.165) is 15.4 Å². The fourth-order valence-corrected chi connectivity index (χ4v) is 2.00. The summed E-state index contributed by atoms with van der Waals surface area (Å²) in [5.41, 5.74) is 0.782. The van der Waals surface area contributed by atoms with Crippen LogP contribution in [0.4, 0.5) is 0 Å². The molecule has 0 aliphatic heterocycles. The highest BCUT2D eigenvalue weighted by Crippen LogP contribution is 2.30. The first-order valence-electron chi connectivity index (χ1n) is 5.00. The summed E-state index contributed by atoms with van der Waals surface area (Å²) in [6.07, 6.45) is 1.78. The van der Waals surface area contributed by atoms with Crippen LogP contribution in [0.2, 0.25) is 5.02 Å². The van der Waals surface area contributed by atoms with E-state index in [1.807, 2.05) is 12.1 Å². The van der Waals surface area contributed by atoms with Gasteiger partial charge in [0.15, 0.2) is 0 Å². The van der Waals surface area contributed by atoms with Gasteiger partial charge in [0.1, 0.15) is 6.54 Å². The van der Waals surface area contributed by atoms with Crippen LogP contribution >= 0.6 is 27.5 Å². The van der Waals surface area contributed by atoms with Gasteiger partial charge in [0.05, 0.1) is 10.5 Å². The van der Waals surface area contributed by atoms with Crippen LogP contribution in [-0.2, 0) is 11.3 Å². The summed E-state index contributed by atoms with van der Waals surface area (Å²) in [5, 5.41) is 5.76. The molecule has 1 amide bonds. The maximum Gasteiger partial charge on any atom is 0.243 e. The lowest BCUT2D eigenvalue weighted by molar-refractivity contribution is -0.129. The van der Waals surface area contributed by atoms with Gasteiger partial charge in [0.2, 0.25) is 5.91 Å². The second-order valence-corrected chi connectivity index (χ2v) is 5.14. The topological polar surface area (TPSA) is 38.1 Å². The molecule has 2 aromatic rings. The monoisotopic (exact) mass is 315 g/mol. The van der Waals surface area contributed by atoms with Gasteiger partial charge in [0, 0.05) is 30.2 Å². The van der Waals surface area contributed by atoms with Crippen molar-refractivity contribution in [2.45, 2.75) is 6.54 Å². The Hall–Kier alpha value is -1.07. The molecular weight excluding hydrogens is 305 g/mol. The standard InChI is InChI=1S/C11H11BrClN3O/c1-15(2)10(17)6-16-5-7-9(14-16)4-3-8(12)11(7)13/h3-5H,6H2,1-2H3. The minimum absolute atomic E-state index is 0.00649. The van der Waals surface area contributed by atoms with Gasteiger partial charge in [-0.2, -0.15) is 5.10 Å². The van der Waals surface area contributed by atoms with Gasteiger partial charge < -0.3 is 4.90 Å². The Morgan fingerprint density at radius 3 is 2.88 bits per heavy atom. The van der Waals surface area contributed by atoms with Crippen LogP contribution in [0.5, 0.6) is 0 Å². The number of likely N-dealkylation sites (N-methyl/N-ethyl adjacent to an activating group) is 1. The predicted octanol–water partition coefficient (Wildman–Crippen LogP) is 2.54. The van der Waals surface area contributed by atoms with Gasteiger partial charge in [-0.1, -0.05) is 11.6 Å².